The SMILES string of the molecule is CCCCO.COCc1nnc([C@@](N)(O)C(C)C(=O)OC(C)(C)C)o1. The number of methoxy groups -OCH3 is 1. The maximum Gasteiger partial charge on any atom is 0.314 e. The van der Waals surface area contributed by atoms with E-state index in [0.717, 1.165) is 12.8 Å². The molecule has 1 heterocycles. The van der Waals surface area contributed by atoms with Gasteiger partial charge >= 0.3 is 5.97 Å². The lowest BCUT2D eigenvalue weighted by molar-refractivity contribution is -0.171. The summed E-state index contributed by atoms with van der Waals surface area (Å²) in [6.07, 6.45) is 2.04. The van der Waals surface area contributed by atoms with Crippen molar-refractivity contribution in [1.29, 1.82) is 0 Å². The Balaban J connectivity index is 0.00000101. The number of hydrogen-bond acceptors (Lipinski definition) is 9. The topological polar surface area (TPSA) is 141 Å². The second kappa shape index (κ2) is 10.4. The summed E-state index contributed by atoms with van der Waals surface area (Å²) in [7, 11) is 1.46. The van der Waals surface area contributed by atoms with Crippen molar-refractivity contribution >= 4 is 5.97 Å². The molecule has 4 N–H and O–H groups in total. The highest BCUT2D eigenvalue weighted by atomic mass is 16.6. The first-order valence-corrected chi connectivity index (χ1v) is 8.16. The Labute approximate surface area is 148 Å². The molecule has 0 aliphatic carbocycles. The summed E-state index contributed by atoms with van der Waals surface area (Å²) in [6, 6.07) is 0. The molecule has 0 radical (unpaired) electrons. The van der Waals surface area contributed by atoms with Crippen LogP contribution in [0.4, 0.5) is 0 Å². The molecule has 0 aliphatic heterocycles. The Kier molecular flexibility index (Phi) is 9.80. The van der Waals surface area contributed by atoms with E-state index >= 15 is 0 Å². The third-order valence-corrected chi connectivity index (χ3v) is 3.01. The van der Waals surface area contributed by atoms with Crippen LogP contribution < -0.4 is 5.73 Å². The third-order valence-electron chi connectivity index (χ3n) is 3.01. The highest BCUT2D eigenvalue weighted by Gasteiger charge is 2.43. The van der Waals surface area contributed by atoms with Gasteiger partial charge in [0.2, 0.25) is 11.6 Å². The van der Waals surface area contributed by atoms with E-state index in [0.29, 0.717) is 6.61 Å². The quantitative estimate of drug-likeness (QED) is 0.480. The average Bonchev–Trinajstić information content (AvgIpc) is 2.96. The van der Waals surface area contributed by atoms with Crippen LogP contribution in [0.1, 0.15) is 59.2 Å². The van der Waals surface area contributed by atoms with Crippen LogP contribution in [-0.2, 0) is 26.6 Å². The number of aliphatic hydroxyl groups excluding tert-OH is 1. The smallest absolute Gasteiger partial charge is 0.314 e. The average molecular weight is 361 g/mol. The fraction of sp³-hybridized carbons (Fsp3) is 0.812. The predicted octanol–water partition coefficient (Wildman–Crippen LogP) is 1.08. The van der Waals surface area contributed by atoms with E-state index < -0.39 is 23.2 Å². The molecule has 0 amide bonds. The Morgan fingerprint density at radius 3 is 2.36 bits per heavy atom. The van der Waals surface area contributed by atoms with Gasteiger partial charge in [0.15, 0.2) is 0 Å². The van der Waals surface area contributed by atoms with E-state index in [9.17, 15) is 9.90 Å². The van der Waals surface area contributed by atoms with Gasteiger partial charge in [0.05, 0.1) is 0 Å². The number of carbonyl (C=O) groups is 1. The van der Waals surface area contributed by atoms with Gasteiger partial charge < -0.3 is 24.1 Å². The predicted molar refractivity (Wildman–Crippen MR) is 90.1 cm³/mol. The van der Waals surface area contributed by atoms with Crippen LogP contribution >= 0.6 is 0 Å². The van der Waals surface area contributed by atoms with E-state index in [4.69, 9.17) is 24.7 Å². The maximum atomic E-state index is 11.9. The first kappa shape index (κ1) is 23.4. The van der Waals surface area contributed by atoms with Gasteiger partial charge in [-0.25, -0.2) is 0 Å². The van der Waals surface area contributed by atoms with E-state index in [1.165, 1.54) is 14.0 Å². The van der Waals surface area contributed by atoms with Crippen molar-refractivity contribution in [1.82, 2.24) is 10.2 Å². The lowest BCUT2D eigenvalue weighted by Gasteiger charge is -2.28. The van der Waals surface area contributed by atoms with Crippen LogP contribution in [0.15, 0.2) is 4.42 Å². The fourth-order valence-electron chi connectivity index (χ4n) is 1.51. The molecule has 0 aromatic carbocycles. The molecule has 2 atom stereocenters. The molecule has 1 aromatic rings. The summed E-state index contributed by atoms with van der Waals surface area (Å²) >= 11 is 0. The molecule has 0 saturated carbocycles. The molecule has 1 aromatic heterocycles. The molecule has 1 unspecified atom stereocenters. The zero-order valence-corrected chi connectivity index (χ0v) is 15.9. The van der Waals surface area contributed by atoms with Crippen LogP contribution in [0.3, 0.4) is 0 Å². The summed E-state index contributed by atoms with van der Waals surface area (Å²) < 4.78 is 15.1. The van der Waals surface area contributed by atoms with E-state index in [1.807, 2.05) is 0 Å². The number of nitrogens with two attached hydrogens (primary N) is 1. The Bertz CT molecular complexity index is 508. The number of nitrogens with zero attached hydrogens (tertiary/aromatic N) is 2. The molecular formula is C16H31N3O6. The molecule has 0 aliphatic rings. The van der Waals surface area contributed by atoms with E-state index in [1.54, 1.807) is 20.8 Å². The third kappa shape index (κ3) is 8.39. The molecule has 0 fully saturated rings. The summed E-state index contributed by atoms with van der Waals surface area (Å²) in [5.74, 6) is -1.84. The van der Waals surface area contributed by atoms with Crippen molar-refractivity contribution in [3.05, 3.63) is 11.8 Å². The first-order valence-electron chi connectivity index (χ1n) is 8.16. The van der Waals surface area contributed by atoms with Crippen LogP contribution in [-0.4, -0.2) is 45.7 Å². The van der Waals surface area contributed by atoms with Gasteiger partial charge in [-0.3, -0.25) is 10.5 Å². The van der Waals surface area contributed by atoms with Gasteiger partial charge in [-0.15, -0.1) is 10.2 Å². The van der Waals surface area contributed by atoms with Gasteiger partial charge in [-0.05, 0) is 34.1 Å². The minimum Gasteiger partial charge on any atom is -0.460 e. The minimum atomic E-state index is -2.11. The molecule has 9 heteroatoms. The van der Waals surface area contributed by atoms with Crippen LogP contribution in [0.5, 0.6) is 0 Å². The maximum absolute atomic E-state index is 11.9. The van der Waals surface area contributed by atoms with Crippen LogP contribution in [0.25, 0.3) is 0 Å². The summed E-state index contributed by atoms with van der Waals surface area (Å²) in [5, 5.41) is 25.6. The Morgan fingerprint density at radius 2 is 1.96 bits per heavy atom. The minimum absolute atomic E-state index is 0.0872. The molecule has 0 spiro atoms. The molecule has 9 nitrogen and oxygen atoms in total. The lowest BCUT2D eigenvalue weighted by atomic mass is 9.98. The molecular weight excluding hydrogens is 330 g/mol. The zero-order valence-electron chi connectivity index (χ0n) is 15.9. The number of aliphatic hydroxyl groups is 2. The normalized spacial score (nSPS) is 14.9. The Hall–Kier alpha value is -1.55. The van der Waals surface area contributed by atoms with Crippen LogP contribution in [0.2, 0.25) is 0 Å². The zero-order chi connectivity index (χ0) is 19.7. The standard InChI is InChI=1S/C12H21N3O5.C4H10O/c1-7(9(16)20-11(2,3)4)12(13,17)10-15-14-8(19-10)6-18-5;1-2-3-4-5/h7,17H,6,13H2,1-5H3;5H,2-4H2,1H3/t7?,12-;/m0./s1. The van der Waals surface area contributed by atoms with E-state index in [-0.39, 0.29) is 18.4 Å². The molecule has 0 bridgehead atoms. The van der Waals surface area contributed by atoms with Gasteiger partial charge in [0, 0.05) is 13.7 Å². The monoisotopic (exact) mass is 361 g/mol. The van der Waals surface area contributed by atoms with Crippen molar-refractivity contribution in [2.45, 2.75) is 65.4 Å². The molecule has 0 saturated heterocycles. The molecule has 146 valence electrons. The first-order chi connectivity index (χ1) is 11.5. The summed E-state index contributed by atoms with van der Waals surface area (Å²) in [5.41, 5.74) is 2.94. The second-order valence-corrected chi connectivity index (χ2v) is 6.59. The number of carbonyl (C=O) groups excluding carboxylic acids is 1. The Morgan fingerprint density at radius 1 is 1.36 bits per heavy atom. The van der Waals surface area contributed by atoms with Crippen molar-refractivity contribution in [3.63, 3.8) is 0 Å². The van der Waals surface area contributed by atoms with Gasteiger partial charge in [-0.2, -0.15) is 0 Å². The van der Waals surface area contributed by atoms with Crippen molar-refractivity contribution in [2.75, 3.05) is 13.7 Å². The fourth-order valence-corrected chi connectivity index (χ4v) is 1.51. The number of aromatic nitrogens is 2. The largest absolute Gasteiger partial charge is 0.460 e. The summed E-state index contributed by atoms with van der Waals surface area (Å²) in [4.78, 5) is 11.9. The van der Waals surface area contributed by atoms with E-state index in [2.05, 4.69) is 17.1 Å². The van der Waals surface area contributed by atoms with Crippen molar-refractivity contribution < 1.29 is 28.9 Å². The van der Waals surface area contributed by atoms with Gasteiger partial charge in [0.1, 0.15) is 18.1 Å². The number of rotatable bonds is 7. The lowest BCUT2D eigenvalue weighted by Crippen LogP contribution is -2.48. The van der Waals surface area contributed by atoms with Gasteiger partial charge in [0.25, 0.3) is 5.89 Å². The van der Waals surface area contributed by atoms with Crippen LogP contribution in [0, 0.1) is 5.92 Å². The summed E-state index contributed by atoms with van der Waals surface area (Å²) in [6.45, 7) is 9.06. The number of hydrogen-bond donors (Lipinski definition) is 3. The van der Waals surface area contributed by atoms with Crippen molar-refractivity contribution in [3.8, 4) is 0 Å². The number of unbranched alkanes of at least 4 members (excludes halogenated alkanes) is 1. The number of esters is 1. The van der Waals surface area contributed by atoms with Gasteiger partial charge in [-0.1, -0.05) is 13.3 Å². The molecule has 1 rings (SSSR count). The highest BCUT2D eigenvalue weighted by Crippen LogP contribution is 2.26. The van der Waals surface area contributed by atoms with Crippen molar-refractivity contribution in [2.24, 2.45) is 11.7 Å². The molecule has 25 heavy (non-hydrogen) atoms. The highest BCUT2D eigenvalue weighted by molar-refractivity contribution is 5.73. The second-order valence-electron chi connectivity index (χ2n) is 6.59. The number of ether oxygens (including phenoxy) is 2.